The third kappa shape index (κ3) is 2.26. The Hall–Kier alpha value is -2.90. The maximum absolute atomic E-state index is 11.6. The van der Waals surface area contributed by atoms with Gasteiger partial charge in [0.25, 0.3) is 5.91 Å². The minimum absolute atomic E-state index is 0.0000463. The van der Waals surface area contributed by atoms with E-state index in [9.17, 15) is 14.7 Å². The van der Waals surface area contributed by atoms with E-state index in [0.717, 1.165) is 6.07 Å². The summed E-state index contributed by atoms with van der Waals surface area (Å²) in [6.45, 7) is 0. The lowest BCUT2D eigenvalue weighted by Crippen LogP contribution is -2.14. The molecule has 2 aromatic rings. The number of carbonyl (C=O) groups is 2. The third-order valence-corrected chi connectivity index (χ3v) is 2.11. The summed E-state index contributed by atoms with van der Waals surface area (Å²) < 4.78 is 0. The lowest BCUT2D eigenvalue weighted by Gasteiger charge is -2.05. The van der Waals surface area contributed by atoms with Gasteiger partial charge in [-0.05, 0) is 18.2 Å². The molecule has 0 atom stereocenters. The van der Waals surface area contributed by atoms with Crippen LogP contribution in [0, 0.1) is 0 Å². The minimum Gasteiger partial charge on any atom is -0.507 e. The molecule has 0 spiro atoms. The highest BCUT2D eigenvalue weighted by atomic mass is 16.4. The summed E-state index contributed by atoms with van der Waals surface area (Å²) in [5.74, 6) is -2.22. The second kappa shape index (κ2) is 4.53. The van der Waals surface area contributed by atoms with Crippen molar-refractivity contribution in [2.45, 2.75) is 0 Å². The molecule has 0 saturated heterocycles. The quantitative estimate of drug-likeness (QED) is 0.584. The first-order valence-electron chi connectivity index (χ1n) is 4.81. The van der Waals surface area contributed by atoms with Crippen molar-refractivity contribution in [2.75, 3.05) is 5.32 Å². The number of H-pyrrole nitrogens is 1. The maximum atomic E-state index is 11.6. The Morgan fingerprint density at radius 1 is 1.33 bits per heavy atom. The van der Waals surface area contributed by atoms with E-state index in [2.05, 4.69) is 20.5 Å². The van der Waals surface area contributed by atoms with Crippen molar-refractivity contribution < 1.29 is 19.8 Å². The molecule has 2 rings (SSSR count). The number of amides is 1. The van der Waals surface area contributed by atoms with Crippen LogP contribution >= 0.6 is 0 Å². The molecule has 0 aliphatic heterocycles. The van der Waals surface area contributed by atoms with Crippen LogP contribution < -0.4 is 5.32 Å². The van der Waals surface area contributed by atoms with Crippen LogP contribution in [0.25, 0.3) is 0 Å². The molecule has 0 bridgehead atoms. The number of hydrogen-bond donors (Lipinski definition) is 4. The summed E-state index contributed by atoms with van der Waals surface area (Å²) in [6, 6.07) is 3.70. The maximum Gasteiger partial charge on any atom is 0.339 e. The molecule has 8 heteroatoms. The smallest absolute Gasteiger partial charge is 0.339 e. The Morgan fingerprint density at radius 2 is 2.11 bits per heavy atom. The number of carboxylic acid groups (broad SMARTS) is 1. The number of carboxylic acids is 1. The van der Waals surface area contributed by atoms with Crippen molar-refractivity contribution in [1.29, 1.82) is 0 Å². The molecule has 0 fully saturated rings. The molecule has 18 heavy (non-hydrogen) atoms. The molecular formula is C10H8N4O4. The van der Waals surface area contributed by atoms with Crippen molar-refractivity contribution in [3.63, 3.8) is 0 Å². The summed E-state index contributed by atoms with van der Waals surface area (Å²) >= 11 is 0. The first-order valence-corrected chi connectivity index (χ1v) is 4.81. The molecule has 0 aliphatic rings. The van der Waals surface area contributed by atoms with Gasteiger partial charge in [-0.3, -0.25) is 9.89 Å². The van der Waals surface area contributed by atoms with Crippen LogP contribution in [-0.4, -0.2) is 37.3 Å². The van der Waals surface area contributed by atoms with Gasteiger partial charge in [0.15, 0.2) is 0 Å². The van der Waals surface area contributed by atoms with E-state index in [0.29, 0.717) is 0 Å². The van der Waals surface area contributed by atoms with Crippen molar-refractivity contribution in [2.24, 2.45) is 0 Å². The highest BCUT2D eigenvalue weighted by Crippen LogP contribution is 2.21. The SMILES string of the molecule is O=C(Nc1ccc(O)c(C(=O)O)c1)c1ncn[nH]1. The number of phenols is 1. The Balaban J connectivity index is 2.22. The second-order valence-electron chi connectivity index (χ2n) is 3.33. The molecule has 1 aromatic heterocycles. The van der Waals surface area contributed by atoms with Crippen LogP contribution in [0.1, 0.15) is 21.0 Å². The number of hydrogen-bond acceptors (Lipinski definition) is 5. The molecule has 0 aliphatic carbocycles. The molecule has 8 nitrogen and oxygen atoms in total. The van der Waals surface area contributed by atoms with Crippen molar-refractivity contribution in [3.05, 3.63) is 35.9 Å². The van der Waals surface area contributed by atoms with Crippen LogP contribution in [0.5, 0.6) is 5.75 Å². The Morgan fingerprint density at radius 3 is 2.72 bits per heavy atom. The zero-order valence-corrected chi connectivity index (χ0v) is 8.91. The van der Waals surface area contributed by atoms with E-state index in [1.807, 2.05) is 0 Å². The highest BCUT2D eigenvalue weighted by molar-refractivity contribution is 6.02. The fraction of sp³-hybridized carbons (Fsp3) is 0. The van der Waals surface area contributed by atoms with Gasteiger partial charge in [0.2, 0.25) is 5.82 Å². The van der Waals surface area contributed by atoms with Gasteiger partial charge in [-0.25, -0.2) is 9.78 Å². The fourth-order valence-corrected chi connectivity index (χ4v) is 1.29. The van der Waals surface area contributed by atoms with Gasteiger partial charge in [0.05, 0.1) is 0 Å². The highest BCUT2D eigenvalue weighted by Gasteiger charge is 2.13. The van der Waals surface area contributed by atoms with Gasteiger partial charge in [0.1, 0.15) is 17.6 Å². The summed E-state index contributed by atoms with van der Waals surface area (Å²) in [5, 5.41) is 26.4. The minimum atomic E-state index is -1.29. The molecule has 0 unspecified atom stereocenters. The first-order chi connectivity index (χ1) is 8.58. The van der Waals surface area contributed by atoms with Crippen LogP contribution in [0.2, 0.25) is 0 Å². The predicted molar refractivity (Wildman–Crippen MR) is 59.4 cm³/mol. The molecule has 4 N–H and O–H groups in total. The van der Waals surface area contributed by atoms with E-state index in [-0.39, 0.29) is 22.8 Å². The van der Waals surface area contributed by atoms with E-state index >= 15 is 0 Å². The predicted octanol–water partition coefficient (Wildman–Crippen LogP) is 0.461. The number of anilines is 1. The van der Waals surface area contributed by atoms with E-state index < -0.39 is 11.9 Å². The molecular weight excluding hydrogens is 240 g/mol. The number of aromatic carboxylic acids is 1. The molecule has 1 amide bonds. The normalized spacial score (nSPS) is 10.0. The summed E-state index contributed by atoms with van der Waals surface area (Å²) in [7, 11) is 0. The molecule has 0 saturated carbocycles. The number of nitrogens with zero attached hydrogens (tertiary/aromatic N) is 2. The lowest BCUT2D eigenvalue weighted by molar-refractivity contribution is 0.0693. The van der Waals surface area contributed by atoms with Gasteiger partial charge >= 0.3 is 5.97 Å². The number of nitrogens with one attached hydrogen (secondary N) is 2. The fourth-order valence-electron chi connectivity index (χ4n) is 1.29. The van der Waals surface area contributed by atoms with Gasteiger partial charge < -0.3 is 15.5 Å². The van der Waals surface area contributed by atoms with Crippen LogP contribution in [0.4, 0.5) is 5.69 Å². The van der Waals surface area contributed by atoms with E-state index in [1.165, 1.54) is 18.5 Å². The van der Waals surface area contributed by atoms with Crippen molar-refractivity contribution in [3.8, 4) is 5.75 Å². The number of benzene rings is 1. The average Bonchev–Trinajstić information content (AvgIpc) is 2.85. The molecule has 0 radical (unpaired) electrons. The van der Waals surface area contributed by atoms with Gasteiger partial charge in [0, 0.05) is 5.69 Å². The van der Waals surface area contributed by atoms with Gasteiger partial charge in [-0.1, -0.05) is 0 Å². The number of aromatic amines is 1. The lowest BCUT2D eigenvalue weighted by atomic mass is 10.2. The standard InChI is InChI=1S/C10H8N4O4/c15-7-2-1-5(3-6(7)10(17)18)13-9(16)8-11-4-12-14-8/h1-4,15H,(H,13,16)(H,17,18)(H,11,12,14). The molecule has 92 valence electrons. The van der Waals surface area contributed by atoms with Crippen molar-refractivity contribution in [1.82, 2.24) is 15.2 Å². The largest absolute Gasteiger partial charge is 0.507 e. The Kier molecular flexibility index (Phi) is 2.92. The van der Waals surface area contributed by atoms with E-state index in [4.69, 9.17) is 5.11 Å². The summed E-state index contributed by atoms with van der Waals surface area (Å²) in [4.78, 5) is 26.0. The number of rotatable bonds is 3. The molecule has 1 heterocycles. The van der Waals surface area contributed by atoms with Crippen LogP contribution in [-0.2, 0) is 0 Å². The number of aromatic hydroxyl groups is 1. The van der Waals surface area contributed by atoms with Crippen LogP contribution in [0.15, 0.2) is 24.5 Å². The summed E-state index contributed by atoms with van der Waals surface area (Å²) in [5.41, 5.74) is -0.0723. The monoisotopic (exact) mass is 248 g/mol. The van der Waals surface area contributed by atoms with Crippen LogP contribution in [0.3, 0.4) is 0 Å². The van der Waals surface area contributed by atoms with Crippen molar-refractivity contribution >= 4 is 17.6 Å². The first kappa shape index (κ1) is 11.6. The average molecular weight is 248 g/mol. The Bertz CT molecular complexity index is 594. The summed E-state index contributed by atoms with van der Waals surface area (Å²) in [6.07, 6.45) is 1.18. The van der Waals surface area contributed by atoms with Gasteiger partial charge in [-0.2, -0.15) is 5.10 Å². The Labute approximate surface area is 100 Å². The molecule has 1 aromatic carbocycles. The third-order valence-electron chi connectivity index (χ3n) is 2.11. The van der Waals surface area contributed by atoms with Gasteiger partial charge in [-0.15, -0.1) is 0 Å². The van der Waals surface area contributed by atoms with E-state index in [1.54, 1.807) is 0 Å². The second-order valence-corrected chi connectivity index (χ2v) is 3.33. The zero-order chi connectivity index (χ0) is 13.1. The topological polar surface area (TPSA) is 128 Å². The number of carbonyl (C=O) groups excluding carboxylic acids is 1. The number of aromatic nitrogens is 3. The zero-order valence-electron chi connectivity index (χ0n) is 8.91.